The van der Waals surface area contributed by atoms with Gasteiger partial charge < -0.3 is 4.90 Å². The molecule has 27 heavy (non-hydrogen) atoms. The molecule has 1 aliphatic heterocycles. The summed E-state index contributed by atoms with van der Waals surface area (Å²) in [6.07, 6.45) is 4.69. The highest BCUT2D eigenvalue weighted by atomic mass is 32.2. The maximum absolute atomic E-state index is 13.2. The van der Waals surface area contributed by atoms with Crippen LogP contribution >= 0.6 is 0 Å². The Kier molecular flexibility index (Phi) is 5.69. The van der Waals surface area contributed by atoms with Crippen LogP contribution in [0.5, 0.6) is 0 Å². The Morgan fingerprint density at radius 2 is 1.93 bits per heavy atom. The first-order valence-corrected chi connectivity index (χ1v) is 11.6. The quantitative estimate of drug-likeness (QED) is 0.768. The van der Waals surface area contributed by atoms with Crippen molar-refractivity contribution in [2.45, 2.75) is 58.3 Å². The van der Waals surface area contributed by atoms with Crippen LogP contribution in [0.2, 0.25) is 0 Å². The van der Waals surface area contributed by atoms with Crippen LogP contribution in [0.3, 0.4) is 0 Å². The van der Waals surface area contributed by atoms with Crippen molar-refractivity contribution in [2.24, 2.45) is 11.3 Å². The second-order valence-electron chi connectivity index (χ2n) is 8.20. The molecule has 2 aliphatic rings. The highest BCUT2D eigenvalue weighted by Crippen LogP contribution is 2.51. The van der Waals surface area contributed by atoms with Gasteiger partial charge in [-0.2, -0.15) is 4.31 Å². The van der Waals surface area contributed by atoms with Gasteiger partial charge >= 0.3 is 0 Å². The number of carbonyl (C=O) groups excluding carboxylic acids is 1. The number of rotatable bonds is 5. The van der Waals surface area contributed by atoms with Gasteiger partial charge in [-0.05, 0) is 55.2 Å². The largest absolute Gasteiger partial charge is 0.338 e. The van der Waals surface area contributed by atoms with E-state index in [-0.39, 0.29) is 16.2 Å². The van der Waals surface area contributed by atoms with Crippen LogP contribution in [0.1, 0.15) is 62.4 Å². The molecular formula is C21H32N2O3S. The van der Waals surface area contributed by atoms with Crippen molar-refractivity contribution in [1.29, 1.82) is 0 Å². The number of likely N-dealkylation sites (tertiary alicyclic amines) is 1. The third kappa shape index (κ3) is 3.54. The summed E-state index contributed by atoms with van der Waals surface area (Å²) in [6, 6.07) is 5.11. The average molecular weight is 393 g/mol. The molecule has 0 unspecified atom stereocenters. The van der Waals surface area contributed by atoms with Crippen molar-refractivity contribution in [2.75, 3.05) is 26.2 Å². The van der Waals surface area contributed by atoms with Crippen molar-refractivity contribution in [3.63, 3.8) is 0 Å². The second-order valence-corrected chi connectivity index (χ2v) is 10.1. The minimum Gasteiger partial charge on any atom is -0.338 e. The van der Waals surface area contributed by atoms with Crippen LogP contribution < -0.4 is 0 Å². The van der Waals surface area contributed by atoms with Gasteiger partial charge in [0.25, 0.3) is 5.91 Å². The first-order chi connectivity index (χ1) is 12.7. The van der Waals surface area contributed by atoms with E-state index >= 15 is 0 Å². The highest BCUT2D eigenvalue weighted by Gasteiger charge is 2.46. The molecule has 1 aromatic carbocycles. The molecule has 1 saturated heterocycles. The fourth-order valence-electron chi connectivity index (χ4n) is 4.62. The van der Waals surface area contributed by atoms with Gasteiger partial charge in [0.15, 0.2) is 0 Å². The number of benzene rings is 1. The molecule has 1 amide bonds. The maximum Gasteiger partial charge on any atom is 0.253 e. The fraction of sp³-hybridized carbons (Fsp3) is 0.667. The molecule has 1 spiro atoms. The molecule has 1 atom stereocenters. The monoisotopic (exact) mass is 392 g/mol. The zero-order chi connectivity index (χ0) is 19.8. The molecule has 1 aliphatic carbocycles. The van der Waals surface area contributed by atoms with E-state index in [1.54, 1.807) is 25.1 Å². The van der Waals surface area contributed by atoms with E-state index < -0.39 is 10.0 Å². The smallest absolute Gasteiger partial charge is 0.253 e. The summed E-state index contributed by atoms with van der Waals surface area (Å²) < 4.78 is 27.4. The van der Waals surface area contributed by atoms with Crippen molar-refractivity contribution < 1.29 is 13.2 Å². The summed E-state index contributed by atoms with van der Waals surface area (Å²) in [5, 5.41) is 0. The molecule has 1 heterocycles. The van der Waals surface area contributed by atoms with Crippen molar-refractivity contribution >= 4 is 15.9 Å². The standard InChI is InChI=1S/C21H32N2O3S/c1-5-23(6-2)27(25,26)19-14-18(9-8-16(19)3)20(24)22-13-10-17(4)21(15-22)11-7-12-21/h8-9,14,17H,5-7,10-13,15H2,1-4H3/t17-/m0/s1. The van der Waals surface area contributed by atoms with Crippen LogP contribution in [-0.4, -0.2) is 49.7 Å². The van der Waals surface area contributed by atoms with Gasteiger partial charge in [-0.3, -0.25) is 4.79 Å². The van der Waals surface area contributed by atoms with Crippen LogP contribution in [0.4, 0.5) is 0 Å². The molecule has 0 N–H and O–H groups in total. The number of hydrogen-bond acceptors (Lipinski definition) is 3. The predicted octanol–water partition coefficient (Wildman–Crippen LogP) is 3.68. The predicted molar refractivity (Wildman–Crippen MR) is 107 cm³/mol. The summed E-state index contributed by atoms with van der Waals surface area (Å²) in [7, 11) is -3.58. The molecule has 3 rings (SSSR count). The normalized spacial score (nSPS) is 22.1. The Balaban J connectivity index is 1.88. The summed E-state index contributed by atoms with van der Waals surface area (Å²) in [4.78, 5) is 15.3. The maximum atomic E-state index is 13.2. The molecule has 2 fully saturated rings. The number of nitrogens with zero attached hydrogens (tertiary/aromatic N) is 2. The lowest BCUT2D eigenvalue weighted by Crippen LogP contribution is -2.53. The average Bonchev–Trinajstić information content (AvgIpc) is 2.61. The van der Waals surface area contributed by atoms with E-state index in [1.165, 1.54) is 23.6 Å². The lowest BCUT2D eigenvalue weighted by Gasteiger charge is -2.53. The van der Waals surface area contributed by atoms with Gasteiger partial charge in [0.2, 0.25) is 10.0 Å². The Hall–Kier alpha value is -1.40. The van der Waals surface area contributed by atoms with Crippen molar-refractivity contribution in [3.8, 4) is 0 Å². The number of hydrogen-bond donors (Lipinski definition) is 0. The zero-order valence-electron chi connectivity index (χ0n) is 17.0. The van der Waals surface area contributed by atoms with E-state index in [9.17, 15) is 13.2 Å². The lowest BCUT2D eigenvalue weighted by atomic mass is 9.59. The van der Waals surface area contributed by atoms with Gasteiger partial charge in [-0.25, -0.2) is 8.42 Å². The molecule has 0 bridgehead atoms. The van der Waals surface area contributed by atoms with Gasteiger partial charge in [-0.1, -0.05) is 33.3 Å². The van der Waals surface area contributed by atoms with E-state index in [4.69, 9.17) is 0 Å². The molecule has 5 nitrogen and oxygen atoms in total. The Morgan fingerprint density at radius 1 is 1.26 bits per heavy atom. The number of piperidine rings is 1. The zero-order valence-corrected chi connectivity index (χ0v) is 17.8. The number of amides is 1. The Morgan fingerprint density at radius 3 is 2.48 bits per heavy atom. The van der Waals surface area contributed by atoms with Crippen LogP contribution in [0.25, 0.3) is 0 Å². The Labute approximate surface area is 163 Å². The van der Waals surface area contributed by atoms with Crippen molar-refractivity contribution in [3.05, 3.63) is 29.3 Å². The number of sulfonamides is 1. The van der Waals surface area contributed by atoms with E-state index in [0.29, 0.717) is 30.1 Å². The minimum absolute atomic E-state index is 0.0378. The highest BCUT2D eigenvalue weighted by molar-refractivity contribution is 7.89. The van der Waals surface area contributed by atoms with Crippen LogP contribution in [0, 0.1) is 18.3 Å². The molecule has 150 valence electrons. The first-order valence-electron chi connectivity index (χ1n) is 10.1. The lowest BCUT2D eigenvalue weighted by molar-refractivity contribution is -0.0208. The van der Waals surface area contributed by atoms with Crippen molar-refractivity contribution in [1.82, 2.24) is 9.21 Å². The van der Waals surface area contributed by atoms with Gasteiger partial charge in [0.05, 0.1) is 4.90 Å². The van der Waals surface area contributed by atoms with Gasteiger partial charge in [-0.15, -0.1) is 0 Å². The summed E-state index contributed by atoms with van der Waals surface area (Å²) in [5.74, 6) is 0.621. The van der Waals surface area contributed by atoms with E-state index in [2.05, 4.69) is 6.92 Å². The summed E-state index contributed by atoms with van der Waals surface area (Å²) in [6.45, 7) is 10.2. The Bertz CT molecular complexity index is 811. The molecule has 1 saturated carbocycles. The van der Waals surface area contributed by atoms with Crippen LogP contribution in [-0.2, 0) is 10.0 Å². The first kappa shape index (κ1) is 20.3. The van der Waals surface area contributed by atoms with Crippen LogP contribution in [0.15, 0.2) is 23.1 Å². The minimum atomic E-state index is -3.58. The van der Waals surface area contributed by atoms with E-state index in [1.807, 2.05) is 18.7 Å². The molecule has 6 heteroatoms. The van der Waals surface area contributed by atoms with Gasteiger partial charge in [0.1, 0.15) is 0 Å². The molecule has 0 radical (unpaired) electrons. The number of carbonyl (C=O) groups is 1. The fourth-order valence-corrected chi connectivity index (χ4v) is 6.33. The summed E-state index contributed by atoms with van der Waals surface area (Å²) >= 11 is 0. The number of aryl methyl sites for hydroxylation is 1. The molecule has 0 aromatic heterocycles. The van der Waals surface area contributed by atoms with E-state index in [0.717, 1.165) is 19.5 Å². The second kappa shape index (κ2) is 7.55. The molecular weight excluding hydrogens is 360 g/mol. The molecule has 1 aromatic rings. The third-order valence-corrected chi connectivity index (χ3v) is 8.97. The topological polar surface area (TPSA) is 57.7 Å². The van der Waals surface area contributed by atoms with Gasteiger partial charge in [0, 0.05) is 31.7 Å². The third-order valence-electron chi connectivity index (χ3n) is 6.78. The SMILES string of the molecule is CCN(CC)S(=O)(=O)c1cc(C(=O)N2CC[C@H](C)C3(CCC3)C2)ccc1C. The summed E-state index contributed by atoms with van der Waals surface area (Å²) in [5.41, 5.74) is 1.45.